The van der Waals surface area contributed by atoms with Crippen LogP contribution in [0.4, 0.5) is 5.69 Å². The van der Waals surface area contributed by atoms with E-state index in [0.717, 1.165) is 0 Å². The zero-order valence-electron chi connectivity index (χ0n) is 10.3. The van der Waals surface area contributed by atoms with Crippen molar-refractivity contribution in [2.24, 2.45) is 5.16 Å². The minimum Gasteiger partial charge on any atom is -0.411 e. The van der Waals surface area contributed by atoms with Gasteiger partial charge in [0, 0.05) is 30.0 Å². The first kappa shape index (κ1) is 13.5. The molecule has 0 aliphatic carbocycles. The Kier molecular flexibility index (Phi) is 3.90. The number of non-ortho nitro benzene ring substituents is 1. The average Bonchev–Trinajstić information content (AvgIpc) is 2.46. The third-order valence-electron chi connectivity index (χ3n) is 2.75. The van der Waals surface area contributed by atoms with Gasteiger partial charge in [-0.05, 0) is 18.2 Å². The second kappa shape index (κ2) is 5.79. The van der Waals surface area contributed by atoms with Gasteiger partial charge in [0.1, 0.15) is 5.71 Å². The van der Waals surface area contributed by atoms with Crippen LogP contribution in [0.25, 0.3) is 0 Å². The number of nitro benzene ring substituents is 1. The largest absolute Gasteiger partial charge is 0.411 e. The van der Waals surface area contributed by atoms with E-state index in [4.69, 9.17) is 5.21 Å². The molecule has 1 aromatic carbocycles. The second-order valence-corrected chi connectivity index (χ2v) is 4.02. The van der Waals surface area contributed by atoms with Crippen molar-refractivity contribution in [3.63, 3.8) is 0 Å². The molecule has 0 atom stereocenters. The lowest BCUT2D eigenvalue weighted by molar-refractivity contribution is -0.384. The predicted molar refractivity (Wildman–Crippen MR) is 72.1 cm³/mol. The van der Waals surface area contributed by atoms with Gasteiger partial charge in [-0.15, -0.1) is 0 Å². The molecule has 1 aromatic heterocycles. The number of hydrogen-bond acceptors (Lipinski definition) is 5. The van der Waals surface area contributed by atoms with Crippen LogP contribution in [-0.2, 0) is 6.54 Å². The fraction of sp³-hybridized carbons (Fsp3) is 0.0769. The topological polar surface area (TPSA) is 97.7 Å². The predicted octanol–water partition coefficient (Wildman–Crippen LogP) is 1.64. The molecular weight excluding hydrogens is 262 g/mol. The first-order valence-electron chi connectivity index (χ1n) is 5.73. The van der Waals surface area contributed by atoms with Crippen LogP contribution in [0.5, 0.6) is 0 Å². The maximum absolute atomic E-state index is 11.6. The Morgan fingerprint density at radius 1 is 1.25 bits per heavy atom. The van der Waals surface area contributed by atoms with Crippen molar-refractivity contribution in [1.82, 2.24) is 4.57 Å². The zero-order chi connectivity index (χ0) is 14.5. The Labute approximate surface area is 113 Å². The molecule has 2 aromatic rings. The summed E-state index contributed by atoms with van der Waals surface area (Å²) in [6, 6.07) is 10.3. The molecule has 1 heterocycles. The lowest BCUT2D eigenvalue weighted by atomic mass is 10.1. The zero-order valence-corrected chi connectivity index (χ0v) is 10.3. The van der Waals surface area contributed by atoms with Gasteiger partial charge in [-0.25, -0.2) is 0 Å². The quantitative estimate of drug-likeness (QED) is 0.396. The fourth-order valence-electron chi connectivity index (χ4n) is 1.71. The van der Waals surface area contributed by atoms with Crippen LogP contribution in [0.1, 0.15) is 5.56 Å². The highest BCUT2D eigenvalue weighted by atomic mass is 16.6. The third kappa shape index (κ3) is 2.89. The maximum atomic E-state index is 11.6. The highest BCUT2D eigenvalue weighted by molar-refractivity contribution is 6.00. The van der Waals surface area contributed by atoms with E-state index >= 15 is 0 Å². The van der Waals surface area contributed by atoms with Gasteiger partial charge in [-0.1, -0.05) is 11.2 Å². The van der Waals surface area contributed by atoms with Crippen LogP contribution in [-0.4, -0.2) is 20.4 Å². The first-order chi connectivity index (χ1) is 9.61. The van der Waals surface area contributed by atoms with Gasteiger partial charge in [0.15, 0.2) is 0 Å². The van der Waals surface area contributed by atoms with Crippen molar-refractivity contribution in [2.45, 2.75) is 6.54 Å². The summed E-state index contributed by atoms with van der Waals surface area (Å²) in [7, 11) is 0. The molecule has 0 spiro atoms. The van der Waals surface area contributed by atoms with Gasteiger partial charge in [0.25, 0.3) is 11.2 Å². The highest BCUT2D eigenvalue weighted by Gasteiger charge is 2.09. The van der Waals surface area contributed by atoms with Crippen molar-refractivity contribution < 1.29 is 10.1 Å². The molecule has 0 unspecified atom stereocenters. The molecular formula is C13H11N3O4. The van der Waals surface area contributed by atoms with E-state index in [-0.39, 0.29) is 23.5 Å². The van der Waals surface area contributed by atoms with E-state index in [9.17, 15) is 14.9 Å². The molecule has 0 bridgehead atoms. The molecule has 1 N–H and O–H groups in total. The van der Waals surface area contributed by atoms with Gasteiger partial charge >= 0.3 is 0 Å². The van der Waals surface area contributed by atoms with Crippen LogP contribution < -0.4 is 5.56 Å². The standard InChI is InChI=1S/C13H11N3O4/c17-13-3-1-2-8-15(13)9-12(14-18)10-4-6-11(7-5-10)16(19)20/h1-8,18H,9H2/b14-12-. The van der Waals surface area contributed by atoms with E-state index in [1.165, 1.54) is 34.9 Å². The van der Waals surface area contributed by atoms with E-state index < -0.39 is 4.92 Å². The number of rotatable bonds is 4. The van der Waals surface area contributed by atoms with Crippen LogP contribution in [0, 0.1) is 10.1 Å². The number of benzene rings is 1. The van der Waals surface area contributed by atoms with E-state index in [1.807, 2.05) is 0 Å². The molecule has 102 valence electrons. The van der Waals surface area contributed by atoms with Crippen LogP contribution in [0.15, 0.2) is 58.6 Å². The summed E-state index contributed by atoms with van der Waals surface area (Å²) < 4.78 is 1.37. The number of nitrogens with zero attached hydrogens (tertiary/aromatic N) is 3. The van der Waals surface area contributed by atoms with Gasteiger partial charge in [-0.2, -0.15) is 0 Å². The van der Waals surface area contributed by atoms with Crippen molar-refractivity contribution in [1.29, 1.82) is 0 Å². The third-order valence-corrected chi connectivity index (χ3v) is 2.75. The summed E-state index contributed by atoms with van der Waals surface area (Å²) in [5, 5.41) is 22.8. The summed E-state index contributed by atoms with van der Waals surface area (Å²) in [4.78, 5) is 21.6. The molecule has 0 saturated carbocycles. The number of oxime groups is 1. The smallest absolute Gasteiger partial charge is 0.269 e. The van der Waals surface area contributed by atoms with Gasteiger partial charge in [0.2, 0.25) is 0 Å². The Morgan fingerprint density at radius 3 is 2.50 bits per heavy atom. The lowest BCUT2D eigenvalue weighted by Crippen LogP contribution is -2.23. The summed E-state index contributed by atoms with van der Waals surface area (Å²) in [6.07, 6.45) is 1.57. The Hall–Kier alpha value is -2.96. The fourth-order valence-corrected chi connectivity index (χ4v) is 1.71. The average molecular weight is 273 g/mol. The summed E-state index contributed by atoms with van der Waals surface area (Å²) in [6.45, 7) is 0.0774. The minimum atomic E-state index is -0.513. The normalized spacial score (nSPS) is 11.3. The summed E-state index contributed by atoms with van der Waals surface area (Å²) in [5.41, 5.74) is 0.473. The van der Waals surface area contributed by atoms with Gasteiger partial charge in [0.05, 0.1) is 11.5 Å². The van der Waals surface area contributed by atoms with Crippen molar-refractivity contribution >= 4 is 11.4 Å². The molecule has 7 nitrogen and oxygen atoms in total. The van der Waals surface area contributed by atoms with Crippen LogP contribution in [0.3, 0.4) is 0 Å². The van der Waals surface area contributed by atoms with Crippen LogP contribution >= 0.6 is 0 Å². The monoisotopic (exact) mass is 273 g/mol. The molecule has 0 aliphatic heterocycles. The Balaban J connectivity index is 2.28. The molecule has 20 heavy (non-hydrogen) atoms. The number of pyridine rings is 1. The molecule has 0 fully saturated rings. The highest BCUT2D eigenvalue weighted by Crippen LogP contribution is 2.13. The molecule has 0 radical (unpaired) electrons. The summed E-state index contributed by atoms with van der Waals surface area (Å²) in [5.74, 6) is 0. The van der Waals surface area contributed by atoms with Gasteiger partial charge in [-0.3, -0.25) is 14.9 Å². The SMILES string of the molecule is O=c1ccccn1C/C(=N/O)c1ccc([N+](=O)[O-])cc1. The number of aromatic nitrogens is 1. The van der Waals surface area contributed by atoms with E-state index in [1.54, 1.807) is 18.3 Å². The van der Waals surface area contributed by atoms with Crippen molar-refractivity contribution in [3.8, 4) is 0 Å². The van der Waals surface area contributed by atoms with Crippen LogP contribution in [0.2, 0.25) is 0 Å². The molecule has 2 rings (SSSR count). The molecule has 0 saturated heterocycles. The first-order valence-corrected chi connectivity index (χ1v) is 5.73. The lowest BCUT2D eigenvalue weighted by Gasteiger charge is -2.07. The number of nitro groups is 1. The van der Waals surface area contributed by atoms with Crippen molar-refractivity contribution in [3.05, 3.63) is 74.7 Å². The molecule has 0 amide bonds. The molecule has 7 heteroatoms. The van der Waals surface area contributed by atoms with Crippen molar-refractivity contribution in [2.75, 3.05) is 0 Å². The van der Waals surface area contributed by atoms with E-state index in [0.29, 0.717) is 5.56 Å². The minimum absolute atomic E-state index is 0.0529. The second-order valence-electron chi connectivity index (χ2n) is 4.02. The maximum Gasteiger partial charge on any atom is 0.269 e. The number of hydrogen-bond donors (Lipinski definition) is 1. The van der Waals surface area contributed by atoms with Gasteiger partial charge < -0.3 is 9.77 Å². The Morgan fingerprint density at radius 2 is 1.95 bits per heavy atom. The van der Waals surface area contributed by atoms with E-state index in [2.05, 4.69) is 5.16 Å². The molecule has 0 aliphatic rings. The Bertz CT molecular complexity index is 704. The summed E-state index contributed by atoms with van der Waals surface area (Å²) >= 11 is 0.